The number of aryl methyl sites for hydroxylation is 1. The van der Waals surface area contributed by atoms with Crippen molar-refractivity contribution in [2.24, 2.45) is 17.8 Å². The van der Waals surface area contributed by atoms with Crippen LogP contribution in [0.25, 0.3) is 27.8 Å². The first-order valence-corrected chi connectivity index (χ1v) is 17.7. The number of hydrogen-bond acceptors (Lipinski definition) is 0. The molecule has 0 radical (unpaired) electrons. The topological polar surface area (TPSA) is 0 Å². The molecule has 2 aliphatic carbocycles. The number of halogens is 3. The quantitative estimate of drug-likeness (QED) is 0.125. The van der Waals surface area contributed by atoms with Gasteiger partial charge in [-0.2, -0.15) is 0 Å². The minimum absolute atomic E-state index is 0.201. The molecule has 3 aromatic carbocycles. The van der Waals surface area contributed by atoms with Gasteiger partial charge < -0.3 is 0 Å². The highest BCUT2D eigenvalue weighted by Crippen LogP contribution is 2.42. The zero-order chi connectivity index (χ0) is 31.6. The summed E-state index contributed by atoms with van der Waals surface area (Å²) in [6.45, 7) is 6.19. The molecule has 1 unspecified atom stereocenters. The molecule has 240 valence electrons. The molecule has 0 nitrogen and oxygen atoms in total. The lowest BCUT2D eigenvalue weighted by atomic mass is 9.71. The Labute approximate surface area is 269 Å². The SMILES string of the molecule is C=CC1CCC(C2CC=C(c3ccc(-c4ccc(-c5ccc(CCCCCCCCCC)c(F)c5F)cc4)cc3F)CC2)CC1. The zero-order valence-electron chi connectivity index (χ0n) is 27.2. The predicted octanol–water partition coefficient (Wildman–Crippen LogP) is 13.3. The van der Waals surface area contributed by atoms with E-state index in [4.69, 9.17) is 0 Å². The van der Waals surface area contributed by atoms with Crippen molar-refractivity contribution < 1.29 is 13.2 Å². The molecule has 0 heterocycles. The largest absolute Gasteiger partial charge is 0.206 e. The molecule has 0 aromatic heterocycles. The van der Waals surface area contributed by atoms with Crippen molar-refractivity contribution >= 4 is 5.57 Å². The van der Waals surface area contributed by atoms with Crippen molar-refractivity contribution in [3.05, 3.63) is 102 Å². The summed E-state index contributed by atoms with van der Waals surface area (Å²) >= 11 is 0. The van der Waals surface area contributed by atoms with E-state index in [2.05, 4.69) is 25.7 Å². The summed E-state index contributed by atoms with van der Waals surface area (Å²) in [6.07, 6.45) is 22.6. The van der Waals surface area contributed by atoms with Crippen molar-refractivity contribution in [3.63, 3.8) is 0 Å². The van der Waals surface area contributed by atoms with Gasteiger partial charge in [-0.1, -0.05) is 113 Å². The van der Waals surface area contributed by atoms with Crippen molar-refractivity contribution in [1.82, 2.24) is 0 Å². The van der Waals surface area contributed by atoms with Crippen molar-refractivity contribution in [1.29, 1.82) is 0 Å². The Bertz CT molecular complexity index is 1430. The van der Waals surface area contributed by atoms with E-state index in [1.165, 1.54) is 57.8 Å². The van der Waals surface area contributed by atoms with Gasteiger partial charge in [0.1, 0.15) is 5.82 Å². The van der Waals surface area contributed by atoms with Crippen LogP contribution in [0, 0.1) is 35.2 Å². The van der Waals surface area contributed by atoms with E-state index in [1.807, 2.05) is 24.3 Å². The second-order valence-electron chi connectivity index (χ2n) is 13.6. The van der Waals surface area contributed by atoms with Crippen LogP contribution in [0.15, 0.2) is 73.3 Å². The maximum Gasteiger partial charge on any atom is 0.166 e. The minimum atomic E-state index is -0.789. The standard InChI is InChI=1S/C42H51F3/c1-3-5-6-7-8-9-10-11-12-36-25-28-39(42(45)41(36)44)35-23-19-33(20-24-35)37-26-27-38(40(43)29-37)34-21-17-32(18-22-34)31-15-13-30(4-2)14-16-31/h4,19-21,23-32H,2-3,5-18,22H2,1H3. The Balaban J connectivity index is 1.17. The summed E-state index contributed by atoms with van der Waals surface area (Å²) in [5.41, 5.74) is 4.78. The Morgan fingerprint density at radius 1 is 0.667 bits per heavy atom. The second kappa shape index (κ2) is 16.5. The van der Waals surface area contributed by atoms with Crippen LogP contribution in [0.3, 0.4) is 0 Å². The molecule has 0 saturated heterocycles. The zero-order valence-corrected chi connectivity index (χ0v) is 27.2. The number of unbranched alkanes of at least 4 members (excludes halogenated alkanes) is 7. The van der Waals surface area contributed by atoms with Gasteiger partial charge in [0.15, 0.2) is 11.6 Å². The van der Waals surface area contributed by atoms with Gasteiger partial charge in [0.05, 0.1) is 0 Å². The third-order valence-electron chi connectivity index (χ3n) is 10.6. The van der Waals surface area contributed by atoms with Crippen molar-refractivity contribution in [2.45, 2.75) is 110 Å². The number of benzene rings is 3. The molecule has 0 bridgehead atoms. The van der Waals surface area contributed by atoms with Crippen LogP contribution in [0.2, 0.25) is 0 Å². The first kappa shape index (κ1) is 33.3. The summed E-state index contributed by atoms with van der Waals surface area (Å²) in [4.78, 5) is 0. The average molecular weight is 613 g/mol. The van der Waals surface area contributed by atoms with E-state index in [9.17, 15) is 4.39 Å². The predicted molar refractivity (Wildman–Crippen MR) is 184 cm³/mol. The van der Waals surface area contributed by atoms with Crippen LogP contribution in [0.4, 0.5) is 13.2 Å². The molecular formula is C42H51F3. The Hall–Kier alpha value is -3.07. The molecule has 2 aliphatic rings. The Morgan fingerprint density at radius 2 is 1.31 bits per heavy atom. The van der Waals surface area contributed by atoms with Crippen LogP contribution in [-0.2, 0) is 6.42 Å². The lowest BCUT2D eigenvalue weighted by molar-refractivity contribution is 0.212. The summed E-state index contributed by atoms with van der Waals surface area (Å²) in [7, 11) is 0. The van der Waals surface area contributed by atoms with Gasteiger partial charge in [0.25, 0.3) is 0 Å². The fraction of sp³-hybridized carbons (Fsp3) is 0.476. The first-order chi connectivity index (χ1) is 22.0. The summed E-state index contributed by atoms with van der Waals surface area (Å²) in [5.74, 6) is 0.461. The highest BCUT2D eigenvalue weighted by atomic mass is 19.2. The molecule has 1 fully saturated rings. The molecule has 3 aromatic rings. The summed E-state index contributed by atoms with van der Waals surface area (Å²) < 4.78 is 45.5. The minimum Gasteiger partial charge on any atom is -0.206 e. The number of rotatable bonds is 14. The molecular weight excluding hydrogens is 561 g/mol. The lowest BCUT2D eigenvalue weighted by Crippen LogP contribution is -2.22. The number of hydrogen-bond donors (Lipinski definition) is 0. The van der Waals surface area contributed by atoms with Crippen molar-refractivity contribution in [2.75, 3.05) is 0 Å². The molecule has 0 spiro atoms. The Morgan fingerprint density at radius 3 is 1.96 bits per heavy atom. The summed E-state index contributed by atoms with van der Waals surface area (Å²) in [6, 6.07) is 16.2. The molecule has 1 saturated carbocycles. The van der Waals surface area contributed by atoms with Crippen LogP contribution >= 0.6 is 0 Å². The van der Waals surface area contributed by atoms with Gasteiger partial charge in [0.2, 0.25) is 0 Å². The molecule has 0 N–H and O–H groups in total. The van der Waals surface area contributed by atoms with Gasteiger partial charge in [-0.15, -0.1) is 6.58 Å². The van der Waals surface area contributed by atoms with E-state index in [0.717, 1.165) is 61.1 Å². The third kappa shape index (κ3) is 8.60. The molecule has 1 atom stereocenters. The van der Waals surface area contributed by atoms with Gasteiger partial charge in [0, 0.05) is 11.1 Å². The lowest BCUT2D eigenvalue weighted by Gasteiger charge is -2.34. The highest BCUT2D eigenvalue weighted by Gasteiger charge is 2.28. The van der Waals surface area contributed by atoms with Gasteiger partial charge in [-0.3, -0.25) is 0 Å². The highest BCUT2D eigenvalue weighted by molar-refractivity contribution is 5.74. The van der Waals surface area contributed by atoms with E-state index < -0.39 is 11.6 Å². The Kier molecular flexibility index (Phi) is 12.2. The van der Waals surface area contributed by atoms with Gasteiger partial charge in [-0.05, 0) is 109 Å². The second-order valence-corrected chi connectivity index (χ2v) is 13.6. The average Bonchev–Trinajstić information content (AvgIpc) is 3.08. The fourth-order valence-corrected chi connectivity index (χ4v) is 7.63. The monoisotopic (exact) mass is 612 g/mol. The van der Waals surface area contributed by atoms with Gasteiger partial charge >= 0.3 is 0 Å². The molecule has 45 heavy (non-hydrogen) atoms. The summed E-state index contributed by atoms with van der Waals surface area (Å²) in [5, 5.41) is 0. The maximum absolute atomic E-state index is 15.4. The number of allylic oxidation sites excluding steroid dienone is 3. The molecule has 0 aliphatic heterocycles. The first-order valence-electron chi connectivity index (χ1n) is 17.7. The third-order valence-corrected chi connectivity index (χ3v) is 10.6. The van der Waals surface area contributed by atoms with Crippen LogP contribution in [0.1, 0.15) is 114 Å². The smallest absolute Gasteiger partial charge is 0.166 e. The fourth-order valence-electron chi connectivity index (χ4n) is 7.63. The molecule has 5 rings (SSSR count). The van der Waals surface area contributed by atoms with E-state index in [1.54, 1.807) is 30.3 Å². The van der Waals surface area contributed by atoms with Crippen LogP contribution in [-0.4, -0.2) is 0 Å². The van der Waals surface area contributed by atoms with E-state index in [0.29, 0.717) is 34.9 Å². The molecule has 0 amide bonds. The van der Waals surface area contributed by atoms with E-state index in [-0.39, 0.29) is 11.4 Å². The van der Waals surface area contributed by atoms with Crippen LogP contribution in [0.5, 0.6) is 0 Å². The van der Waals surface area contributed by atoms with E-state index >= 15 is 8.78 Å². The normalized spacial score (nSPS) is 20.2. The van der Waals surface area contributed by atoms with Crippen LogP contribution < -0.4 is 0 Å². The van der Waals surface area contributed by atoms with Crippen molar-refractivity contribution in [3.8, 4) is 22.3 Å². The van der Waals surface area contributed by atoms with Gasteiger partial charge in [-0.25, -0.2) is 13.2 Å². The maximum atomic E-state index is 15.4. The molecule has 3 heteroatoms.